The molecular weight excluding hydrogens is 254 g/mol. The van der Waals surface area contributed by atoms with E-state index in [1.165, 1.54) is 0 Å². The fourth-order valence-electron chi connectivity index (χ4n) is 2.16. The number of ether oxygens (including phenoxy) is 1. The first kappa shape index (κ1) is 14.3. The molecule has 0 saturated carbocycles. The number of Topliss-reactive ketones (excluding diaryl/α,β-unsaturated/α-hetero) is 1. The lowest BCUT2D eigenvalue weighted by atomic mass is 10.0. The number of H-pyrrole nitrogens is 1. The molecule has 0 aliphatic rings. The number of hydrogen-bond acceptors (Lipinski definition) is 3. The van der Waals surface area contributed by atoms with Crippen LogP contribution in [-0.2, 0) is 9.53 Å². The van der Waals surface area contributed by atoms with Crippen LogP contribution in [0.4, 0.5) is 0 Å². The van der Waals surface area contributed by atoms with E-state index in [4.69, 9.17) is 4.74 Å². The molecule has 0 aliphatic carbocycles. The summed E-state index contributed by atoms with van der Waals surface area (Å²) in [6, 6.07) is 7.61. The Hall–Kier alpha value is -2.10. The molecule has 20 heavy (non-hydrogen) atoms. The van der Waals surface area contributed by atoms with Crippen LogP contribution in [0.2, 0.25) is 0 Å². The van der Waals surface area contributed by atoms with Gasteiger partial charge in [-0.05, 0) is 19.9 Å². The third kappa shape index (κ3) is 2.59. The van der Waals surface area contributed by atoms with Crippen LogP contribution in [0.15, 0.2) is 24.3 Å². The Kier molecular flexibility index (Phi) is 3.93. The largest absolute Gasteiger partial charge is 0.454 e. The first-order chi connectivity index (χ1) is 9.41. The molecule has 1 aromatic carbocycles. The van der Waals surface area contributed by atoms with Gasteiger partial charge in [-0.2, -0.15) is 0 Å². The zero-order valence-corrected chi connectivity index (χ0v) is 12.2. The smallest absolute Gasteiger partial charge is 0.309 e. The number of benzene rings is 1. The molecule has 4 heteroatoms. The summed E-state index contributed by atoms with van der Waals surface area (Å²) in [6.45, 7) is 6.96. The lowest BCUT2D eigenvalue weighted by Gasteiger charge is -2.14. The van der Waals surface area contributed by atoms with Gasteiger partial charge in [0.2, 0.25) is 5.78 Å². The van der Waals surface area contributed by atoms with Crippen molar-refractivity contribution >= 4 is 22.7 Å². The highest BCUT2D eigenvalue weighted by Gasteiger charge is 2.25. The van der Waals surface area contributed by atoms with Crippen LogP contribution in [-0.4, -0.2) is 22.8 Å². The fraction of sp³-hybridized carbons (Fsp3) is 0.375. The lowest BCUT2D eigenvalue weighted by molar-refractivity contribution is -0.150. The molecule has 0 radical (unpaired) electrons. The molecule has 0 unspecified atom stereocenters. The quantitative estimate of drug-likeness (QED) is 0.687. The second-order valence-corrected chi connectivity index (χ2v) is 5.27. The highest BCUT2D eigenvalue weighted by molar-refractivity contribution is 6.11. The van der Waals surface area contributed by atoms with Crippen molar-refractivity contribution in [1.29, 1.82) is 0 Å². The predicted octanol–water partition coefficient (Wildman–Crippen LogP) is 3.25. The molecule has 1 N–H and O–H groups in total. The van der Waals surface area contributed by atoms with Crippen molar-refractivity contribution in [3.63, 3.8) is 0 Å². The van der Waals surface area contributed by atoms with E-state index in [9.17, 15) is 9.59 Å². The van der Waals surface area contributed by atoms with Crippen molar-refractivity contribution < 1.29 is 14.3 Å². The zero-order valence-electron chi connectivity index (χ0n) is 12.2. The van der Waals surface area contributed by atoms with Crippen molar-refractivity contribution in [1.82, 2.24) is 4.98 Å². The fourth-order valence-corrected chi connectivity index (χ4v) is 2.16. The van der Waals surface area contributed by atoms with Crippen LogP contribution in [0, 0.1) is 12.8 Å². The van der Waals surface area contributed by atoms with Gasteiger partial charge in [0.05, 0.1) is 5.92 Å². The van der Waals surface area contributed by atoms with Gasteiger partial charge in [-0.25, -0.2) is 0 Å². The standard InChI is InChI=1S/C16H19NO3/c1-9(2)16(19)20-11(4)15(18)14-10(3)17-13-8-6-5-7-12(13)14/h5-9,11,17H,1-4H3/t11-/m1/s1. The second kappa shape index (κ2) is 5.49. The molecule has 1 atom stereocenters. The van der Waals surface area contributed by atoms with Crippen molar-refractivity contribution in [3.8, 4) is 0 Å². The number of hydrogen-bond donors (Lipinski definition) is 1. The maximum absolute atomic E-state index is 12.5. The molecular formula is C16H19NO3. The molecule has 0 saturated heterocycles. The molecule has 0 bridgehead atoms. The van der Waals surface area contributed by atoms with Crippen LogP contribution < -0.4 is 0 Å². The van der Waals surface area contributed by atoms with Crippen LogP contribution in [0.5, 0.6) is 0 Å². The molecule has 4 nitrogen and oxygen atoms in total. The third-order valence-corrected chi connectivity index (χ3v) is 3.27. The Labute approximate surface area is 118 Å². The topological polar surface area (TPSA) is 59.2 Å². The first-order valence-electron chi connectivity index (χ1n) is 6.73. The van der Waals surface area contributed by atoms with Crippen LogP contribution in [0.25, 0.3) is 10.9 Å². The summed E-state index contributed by atoms with van der Waals surface area (Å²) in [5, 5.41) is 0.863. The molecule has 0 aliphatic heterocycles. The van der Waals surface area contributed by atoms with E-state index in [0.717, 1.165) is 16.6 Å². The van der Waals surface area contributed by atoms with E-state index in [-0.39, 0.29) is 17.7 Å². The van der Waals surface area contributed by atoms with Gasteiger partial charge in [0, 0.05) is 22.2 Å². The number of ketones is 1. The van der Waals surface area contributed by atoms with Crippen molar-refractivity contribution in [2.24, 2.45) is 5.92 Å². The van der Waals surface area contributed by atoms with Gasteiger partial charge in [-0.1, -0.05) is 32.0 Å². The third-order valence-electron chi connectivity index (χ3n) is 3.27. The average molecular weight is 273 g/mol. The molecule has 0 spiro atoms. The van der Waals surface area contributed by atoms with E-state index in [1.54, 1.807) is 20.8 Å². The van der Waals surface area contributed by atoms with E-state index >= 15 is 0 Å². The number of nitrogens with one attached hydrogen (secondary N) is 1. The maximum Gasteiger partial charge on any atom is 0.309 e. The van der Waals surface area contributed by atoms with Gasteiger partial charge in [-0.15, -0.1) is 0 Å². The Morgan fingerprint density at radius 2 is 1.80 bits per heavy atom. The predicted molar refractivity (Wildman–Crippen MR) is 77.8 cm³/mol. The number of aryl methyl sites for hydroxylation is 1. The summed E-state index contributed by atoms with van der Waals surface area (Å²) >= 11 is 0. The van der Waals surface area contributed by atoms with Crippen LogP contribution in [0.1, 0.15) is 36.8 Å². The highest BCUT2D eigenvalue weighted by Crippen LogP contribution is 2.24. The number of aromatic nitrogens is 1. The Bertz CT molecular complexity index is 655. The summed E-state index contributed by atoms with van der Waals surface area (Å²) in [4.78, 5) is 27.3. The molecule has 106 valence electrons. The molecule has 1 heterocycles. The highest BCUT2D eigenvalue weighted by atomic mass is 16.5. The van der Waals surface area contributed by atoms with Gasteiger partial charge >= 0.3 is 5.97 Å². The van der Waals surface area contributed by atoms with Gasteiger partial charge in [0.15, 0.2) is 6.10 Å². The summed E-state index contributed by atoms with van der Waals surface area (Å²) in [6.07, 6.45) is -0.775. The number of carbonyl (C=O) groups is 2. The summed E-state index contributed by atoms with van der Waals surface area (Å²) < 4.78 is 5.20. The van der Waals surface area contributed by atoms with Gasteiger partial charge in [-0.3, -0.25) is 9.59 Å². The van der Waals surface area contributed by atoms with Gasteiger partial charge < -0.3 is 9.72 Å². The minimum Gasteiger partial charge on any atom is -0.454 e. The zero-order chi connectivity index (χ0) is 14.9. The van der Waals surface area contributed by atoms with Crippen molar-refractivity contribution in [3.05, 3.63) is 35.5 Å². The summed E-state index contributed by atoms with van der Waals surface area (Å²) in [5.41, 5.74) is 2.31. The average Bonchev–Trinajstić information content (AvgIpc) is 2.73. The molecule has 2 aromatic rings. The lowest BCUT2D eigenvalue weighted by Crippen LogP contribution is -2.26. The van der Waals surface area contributed by atoms with Crippen LogP contribution >= 0.6 is 0 Å². The SMILES string of the molecule is Cc1[nH]c2ccccc2c1C(=O)[C@@H](C)OC(=O)C(C)C. The summed E-state index contributed by atoms with van der Waals surface area (Å²) in [5.74, 6) is -0.772. The number of esters is 1. The van der Waals surface area contributed by atoms with Gasteiger partial charge in [0.1, 0.15) is 0 Å². The van der Waals surface area contributed by atoms with Gasteiger partial charge in [0.25, 0.3) is 0 Å². The Morgan fingerprint density at radius 3 is 2.45 bits per heavy atom. The second-order valence-electron chi connectivity index (χ2n) is 5.27. The molecule has 0 fully saturated rings. The molecule has 0 amide bonds. The number of para-hydroxylation sites is 1. The van der Waals surface area contributed by atoms with Crippen molar-refractivity contribution in [2.75, 3.05) is 0 Å². The Morgan fingerprint density at radius 1 is 1.15 bits per heavy atom. The maximum atomic E-state index is 12.5. The summed E-state index contributed by atoms with van der Waals surface area (Å²) in [7, 11) is 0. The minimum atomic E-state index is -0.775. The minimum absolute atomic E-state index is 0.172. The van der Waals surface area contributed by atoms with E-state index in [2.05, 4.69) is 4.98 Å². The normalized spacial score (nSPS) is 12.7. The van der Waals surface area contributed by atoms with E-state index in [0.29, 0.717) is 5.56 Å². The number of rotatable bonds is 4. The number of fused-ring (bicyclic) bond motifs is 1. The molecule has 1 aromatic heterocycles. The number of carbonyl (C=O) groups excluding carboxylic acids is 2. The monoisotopic (exact) mass is 273 g/mol. The first-order valence-corrected chi connectivity index (χ1v) is 6.73. The van der Waals surface area contributed by atoms with E-state index < -0.39 is 6.10 Å². The molecule has 2 rings (SSSR count). The Balaban J connectivity index is 2.31. The van der Waals surface area contributed by atoms with Crippen molar-refractivity contribution in [2.45, 2.75) is 33.8 Å². The number of aromatic amines is 1. The van der Waals surface area contributed by atoms with E-state index in [1.807, 2.05) is 31.2 Å². The van der Waals surface area contributed by atoms with Crippen LogP contribution in [0.3, 0.4) is 0 Å².